The molecule has 106 valence electrons. The molecule has 0 aliphatic carbocycles. The average molecular weight is 281 g/mol. The lowest BCUT2D eigenvalue weighted by Gasteiger charge is -2.36. The number of nitrogens with one attached hydrogen (secondary N) is 1. The molecule has 0 spiro atoms. The first-order chi connectivity index (χ1) is 9.04. The first-order valence-corrected chi connectivity index (χ1v) is 7.63. The summed E-state index contributed by atoms with van der Waals surface area (Å²) in [6, 6.07) is 10.1. The molecule has 0 bridgehead atoms. The lowest BCUT2D eigenvalue weighted by molar-refractivity contribution is 0.163. The Morgan fingerprint density at radius 2 is 2.05 bits per heavy atom. The van der Waals surface area contributed by atoms with E-state index < -0.39 is 0 Å². The summed E-state index contributed by atoms with van der Waals surface area (Å²) in [6.45, 7) is 5.79. The van der Waals surface area contributed by atoms with E-state index in [1.165, 1.54) is 24.9 Å². The molecule has 3 atom stereocenters. The smallest absolute Gasteiger partial charge is 0.0406 e. The lowest BCUT2D eigenvalue weighted by Crippen LogP contribution is -2.48. The van der Waals surface area contributed by atoms with Gasteiger partial charge in [0.05, 0.1) is 0 Å². The van der Waals surface area contributed by atoms with E-state index in [1.807, 2.05) is 12.1 Å². The van der Waals surface area contributed by atoms with Gasteiger partial charge in [-0.15, -0.1) is 0 Å². The fourth-order valence-electron chi connectivity index (χ4n) is 2.88. The summed E-state index contributed by atoms with van der Waals surface area (Å²) in [5, 5.41) is 4.59. The highest BCUT2D eigenvalue weighted by Gasteiger charge is 2.23. The van der Waals surface area contributed by atoms with Crippen LogP contribution in [0, 0.1) is 0 Å². The first-order valence-electron chi connectivity index (χ1n) is 7.25. The average Bonchev–Trinajstić information content (AvgIpc) is 2.37. The molecule has 1 heterocycles. The fourth-order valence-corrected chi connectivity index (χ4v) is 3.00. The van der Waals surface area contributed by atoms with Gasteiger partial charge in [0, 0.05) is 23.1 Å². The molecule has 0 aromatic heterocycles. The van der Waals surface area contributed by atoms with Gasteiger partial charge < -0.3 is 10.2 Å². The molecule has 2 rings (SSSR count). The predicted molar refractivity (Wildman–Crippen MR) is 82.9 cm³/mol. The van der Waals surface area contributed by atoms with Crippen molar-refractivity contribution in [2.45, 2.75) is 51.2 Å². The van der Waals surface area contributed by atoms with Gasteiger partial charge in [-0.3, -0.25) is 0 Å². The van der Waals surface area contributed by atoms with Crippen LogP contribution in [-0.4, -0.2) is 36.6 Å². The minimum Gasteiger partial charge on any atom is -0.311 e. The van der Waals surface area contributed by atoms with E-state index in [4.69, 9.17) is 11.6 Å². The van der Waals surface area contributed by atoms with Gasteiger partial charge in [0.1, 0.15) is 0 Å². The van der Waals surface area contributed by atoms with Crippen LogP contribution in [0.4, 0.5) is 0 Å². The summed E-state index contributed by atoms with van der Waals surface area (Å²) >= 11 is 5.91. The summed E-state index contributed by atoms with van der Waals surface area (Å²) in [6.07, 6.45) is 3.57. The van der Waals surface area contributed by atoms with Crippen molar-refractivity contribution >= 4 is 11.6 Å². The molecule has 2 nitrogen and oxygen atoms in total. The zero-order chi connectivity index (χ0) is 13.8. The van der Waals surface area contributed by atoms with Crippen molar-refractivity contribution in [1.29, 1.82) is 0 Å². The Hall–Kier alpha value is -0.570. The second-order valence-corrected chi connectivity index (χ2v) is 6.39. The Labute approximate surface area is 122 Å². The van der Waals surface area contributed by atoms with E-state index >= 15 is 0 Å². The summed E-state index contributed by atoms with van der Waals surface area (Å²) in [5.41, 5.74) is 1.35. The number of hydrogen-bond acceptors (Lipinski definition) is 2. The Bertz CT molecular complexity index is 390. The second-order valence-electron chi connectivity index (χ2n) is 5.95. The largest absolute Gasteiger partial charge is 0.311 e. The van der Waals surface area contributed by atoms with E-state index in [2.05, 4.69) is 43.2 Å². The third-order valence-electron chi connectivity index (χ3n) is 4.18. The van der Waals surface area contributed by atoms with Gasteiger partial charge in [-0.25, -0.2) is 0 Å². The van der Waals surface area contributed by atoms with Gasteiger partial charge in [0.15, 0.2) is 0 Å². The van der Waals surface area contributed by atoms with Crippen molar-refractivity contribution in [1.82, 2.24) is 10.2 Å². The number of nitrogens with zero attached hydrogens (tertiary/aromatic N) is 1. The van der Waals surface area contributed by atoms with Gasteiger partial charge in [0.25, 0.3) is 0 Å². The van der Waals surface area contributed by atoms with Crippen molar-refractivity contribution < 1.29 is 0 Å². The number of hydrogen-bond donors (Lipinski definition) is 1. The molecule has 1 N–H and O–H groups in total. The standard InChI is InChI=1S/C16H25ClN2/c1-12(10-14-4-6-15(17)7-5-14)18-16-8-9-19(3)13(2)11-16/h4-7,12-13,16,18H,8-11H2,1-3H3. The highest BCUT2D eigenvalue weighted by molar-refractivity contribution is 6.30. The molecule has 1 aliphatic rings. The maximum absolute atomic E-state index is 5.91. The number of piperidine rings is 1. The molecule has 1 fully saturated rings. The van der Waals surface area contributed by atoms with Crippen molar-refractivity contribution in [3.8, 4) is 0 Å². The van der Waals surface area contributed by atoms with Crippen LogP contribution in [0.5, 0.6) is 0 Å². The van der Waals surface area contributed by atoms with Crippen molar-refractivity contribution in [3.05, 3.63) is 34.9 Å². The van der Waals surface area contributed by atoms with Gasteiger partial charge >= 0.3 is 0 Å². The molecule has 19 heavy (non-hydrogen) atoms. The Kier molecular flexibility index (Phi) is 5.26. The van der Waals surface area contributed by atoms with E-state index in [0.29, 0.717) is 18.1 Å². The highest BCUT2D eigenvalue weighted by atomic mass is 35.5. The minimum atomic E-state index is 0.516. The van der Waals surface area contributed by atoms with Gasteiger partial charge in [-0.2, -0.15) is 0 Å². The van der Waals surface area contributed by atoms with E-state index in [9.17, 15) is 0 Å². The van der Waals surface area contributed by atoms with Gasteiger partial charge in [-0.05, 0) is 64.4 Å². The fraction of sp³-hybridized carbons (Fsp3) is 0.625. The Balaban J connectivity index is 1.81. The summed E-state index contributed by atoms with van der Waals surface area (Å²) in [4.78, 5) is 2.45. The van der Waals surface area contributed by atoms with Gasteiger partial charge in [0.2, 0.25) is 0 Å². The predicted octanol–water partition coefficient (Wildman–Crippen LogP) is 3.34. The van der Waals surface area contributed by atoms with Crippen molar-refractivity contribution in [2.75, 3.05) is 13.6 Å². The van der Waals surface area contributed by atoms with E-state index in [1.54, 1.807) is 0 Å². The van der Waals surface area contributed by atoms with Gasteiger partial charge in [-0.1, -0.05) is 23.7 Å². The maximum atomic E-state index is 5.91. The molecular weight excluding hydrogens is 256 g/mol. The molecule has 1 aromatic rings. The molecule has 1 saturated heterocycles. The Morgan fingerprint density at radius 3 is 2.68 bits per heavy atom. The van der Waals surface area contributed by atoms with Crippen LogP contribution in [0.2, 0.25) is 5.02 Å². The van der Waals surface area contributed by atoms with Crippen LogP contribution in [0.25, 0.3) is 0 Å². The molecule has 0 amide bonds. The monoisotopic (exact) mass is 280 g/mol. The summed E-state index contributed by atoms with van der Waals surface area (Å²) in [7, 11) is 2.22. The first kappa shape index (κ1) is 14.8. The topological polar surface area (TPSA) is 15.3 Å². The van der Waals surface area contributed by atoms with Crippen molar-refractivity contribution in [2.24, 2.45) is 0 Å². The van der Waals surface area contributed by atoms with Crippen LogP contribution in [0.1, 0.15) is 32.3 Å². The van der Waals surface area contributed by atoms with Crippen LogP contribution >= 0.6 is 11.6 Å². The maximum Gasteiger partial charge on any atom is 0.0406 e. The lowest BCUT2D eigenvalue weighted by atomic mass is 9.97. The highest BCUT2D eigenvalue weighted by Crippen LogP contribution is 2.17. The SMILES string of the molecule is CC(Cc1ccc(Cl)cc1)NC1CCN(C)C(C)C1. The minimum absolute atomic E-state index is 0.516. The van der Waals surface area contributed by atoms with E-state index in [-0.39, 0.29) is 0 Å². The number of likely N-dealkylation sites (tertiary alicyclic amines) is 1. The quantitative estimate of drug-likeness (QED) is 0.910. The zero-order valence-electron chi connectivity index (χ0n) is 12.2. The number of rotatable bonds is 4. The molecule has 0 saturated carbocycles. The zero-order valence-corrected chi connectivity index (χ0v) is 13.0. The summed E-state index contributed by atoms with van der Waals surface area (Å²) < 4.78 is 0. The molecule has 1 aromatic carbocycles. The number of halogens is 1. The summed E-state index contributed by atoms with van der Waals surface area (Å²) in [5.74, 6) is 0. The van der Waals surface area contributed by atoms with Crippen molar-refractivity contribution in [3.63, 3.8) is 0 Å². The van der Waals surface area contributed by atoms with Crippen LogP contribution in [0.3, 0.4) is 0 Å². The Morgan fingerprint density at radius 1 is 1.37 bits per heavy atom. The third kappa shape index (κ3) is 4.48. The van der Waals surface area contributed by atoms with Crippen LogP contribution in [0.15, 0.2) is 24.3 Å². The molecular formula is C16H25ClN2. The van der Waals surface area contributed by atoms with E-state index in [0.717, 1.165) is 11.4 Å². The third-order valence-corrected chi connectivity index (χ3v) is 4.44. The molecule has 0 radical (unpaired) electrons. The molecule has 3 heteroatoms. The number of benzene rings is 1. The normalized spacial score (nSPS) is 26.3. The molecule has 1 aliphatic heterocycles. The molecule has 3 unspecified atom stereocenters. The second kappa shape index (κ2) is 6.74. The van der Waals surface area contributed by atoms with Crippen LogP contribution in [-0.2, 0) is 6.42 Å². The van der Waals surface area contributed by atoms with Crippen LogP contribution < -0.4 is 5.32 Å².